The Bertz CT molecular complexity index is 455. The van der Waals surface area contributed by atoms with Crippen LogP contribution >= 0.6 is 35.7 Å². The zero-order valence-electron chi connectivity index (χ0n) is 13.4. The number of halogens is 1. The number of nitrogens with zero attached hydrogens (tertiary/aromatic N) is 1. The zero-order chi connectivity index (χ0) is 15.0. The Morgan fingerprint density at radius 3 is 2.67 bits per heavy atom. The second kappa shape index (κ2) is 11.0. The Hall–Kier alpha value is -0.630. The van der Waals surface area contributed by atoms with Gasteiger partial charge in [-0.1, -0.05) is 19.1 Å². The van der Waals surface area contributed by atoms with E-state index in [9.17, 15) is 0 Å². The second-order valence-electron chi connectivity index (χ2n) is 4.67. The largest absolute Gasteiger partial charge is 0.496 e. The van der Waals surface area contributed by atoms with Gasteiger partial charge in [0.1, 0.15) is 5.75 Å². The van der Waals surface area contributed by atoms with Crippen molar-refractivity contribution >= 4 is 41.7 Å². The number of hydrogen-bond donors (Lipinski definition) is 2. The fourth-order valence-corrected chi connectivity index (χ4v) is 1.97. The Morgan fingerprint density at radius 1 is 1.38 bits per heavy atom. The first-order chi connectivity index (χ1) is 9.60. The van der Waals surface area contributed by atoms with E-state index < -0.39 is 0 Å². The summed E-state index contributed by atoms with van der Waals surface area (Å²) >= 11 is 1.83. The van der Waals surface area contributed by atoms with Crippen LogP contribution in [0.25, 0.3) is 0 Å². The molecule has 2 N–H and O–H groups in total. The maximum absolute atomic E-state index is 5.40. The Kier molecular flexibility index (Phi) is 10.7. The number of ether oxygens (including phenoxy) is 1. The molecule has 1 atom stereocenters. The van der Waals surface area contributed by atoms with Crippen LogP contribution in [0, 0.1) is 6.92 Å². The van der Waals surface area contributed by atoms with Gasteiger partial charge < -0.3 is 15.4 Å². The molecule has 0 aliphatic heterocycles. The van der Waals surface area contributed by atoms with E-state index in [1.54, 1.807) is 14.2 Å². The van der Waals surface area contributed by atoms with E-state index >= 15 is 0 Å². The van der Waals surface area contributed by atoms with Crippen LogP contribution in [0.2, 0.25) is 0 Å². The van der Waals surface area contributed by atoms with E-state index in [2.05, 4.69) is 47.9 Å². The average molecular weight is 423 g/mol. The van der Waals surface area contributed by atoms with Crippen LogP contribution in [0.1, 0.15) is 18.1 Å². The predicted octanol–water partition coefficient (Wildman–Crippen LogP) is 3.04. The number of nitrogens with one attached hydrogen (secondary N) is 2. The van der Waals surface area contributed by atoms with E-state index in [1.165, 1.54) is 5.56 Å². The monoisotopic (exact) mass is 423 g/mol. The molecule has 1 unspecified atom stereocenters. The Morgan fingerprint density at radius 2 is 2.10 bits per heavy atom. The molecular weight excluding hydrogens is 397 g/mol. The van der Waals surface area contributed by atoms with Crippen molar-refractivity contribution in [3.63, 3.8) is 0 Å². The summed E-state index contributed by atoms with van der Waals surface area (Å²) in [6.07, 6.45) is 2.11. The predicted molar refractivity (Wildman–Crippen MR) is 104 cm³/mol. The highest BCUT2D eigenvalue weighted by molar-refractivity contribution is 14.0. The van der Waals surface area contributed by atoms with Crippen LogP contribution in [-0.2, 0) is 6.54 Å². The molecule has 21 heavy (non-hydrogen) atoms. The van der Waals surface area contributed by atoms with E-state index in [1.807, 2.05) is 17.8 Å². The number of aliphatic imine (C=N–C) groups is 1. The van der Waals surface area contributed by atoms with Gasteiger partial charge in [-0.15, -0.1) is 24.0 Å². The van der Waals surface area contributed by atoms with Crippen LogP contribution in [0.4, 0.5) is 0 Å². The summed E-state index contributed by atoms with van der Waals surface area (Å²) in [7, 11) is 3.48. The maximum Gasteiger partial charge on any atom is 0.191 e. The molecular formula is C15H26IN3OS. The smallest absolute Gasteiger partial charge is 0.191 e. The molecule has 4 nitrogen and oxygen atoms in total. The summed E-state index contributed by atoms with van der Waals surface area (Å²) in [6.45, 7) is 5.83. The first-order valence-corrected chi connectivity index (χ1v) is 8.00. The van der Waals surface area contributed by atoms with Crippen molar-refractivity contribution in [2.75, 3.05) is 27.0 Å². The van der Waals surface area contributed by atoms with Crippen molar-refractivity contribution in [3.05, 3.63) is 29.3 Å². The van der Waals surface area contributed by atoms with Crippen molar-refractivity contribution in [1.82, 2.24) is 10.6 Å². The minimum atomic E-state index is 0. The van der Waals surface area contributed by atoms with Gasteiger partial charge in [0.05, 0.1) is 7.11 Å². The fourth-order valence-electron chi connectivity index (χ4n) is 1.72. The third kappa shape index (κ3) is 7.26. The molecule has 0 aliphatic carbocycles. The van der Waals surface area contributed by atoms with Crippen LogP contribution in [0.5, 0.6) is 5.75 Å². The lowest BCUT2D eigenvalue weighted by atomic mass is 10.1. The van der Waals surface area contributed by atoms with Gasteiger partial charge in [-0.3, -0.25) is 4.99 Å². The van der Waals surface area contributed by atoms with E-state index in [0.717, 1.165) is 23.8 Å². The molecule has 0 spiro atoms. The van der Waals surface area contributed by atoms with Gasteiger partial charge in [-0.25, -0.2) is 0 Å². The molecule has 6 heteroatoms. The van der Waals surface area contributed by atoms with Crippen LogP contribution in [0.3, 0.4) is 0 Å². The van der Waals surface area contributed by atoms with Crippen molar-refractivity contribution in [2.24, 2.45) is 4.99 Å². The number of methoxy groups -OCH3 is 1. The van der Waals surface area contributed by atoms with Crippen molar-refractivity contribution < 1.29 is 4.74 Å². The molecule has 0 radical (unpaired) electrons. The summed E-state index contributed by atoms with van der Waals surface area (Å²) in [6, 6.07) is 6.22. The summed E-state index contributed by atoms with van der Waals surface area (Å²) in [5, 5.41) is 7.18. The van der Waals surface area contributed by atoms with Gasteiger partial charge in [-0.2, -0.15) is 11.8 Å². The normalized spacial score (nSPS) is 12.3. The van der Waals surface area contributed by atoms with Crippen LogP contribution in [0.15, 0.2) is 23.2 Å². The Labute approximate surface area is 149 Å². The molecule has 1 rings (SSSR count). The van der Waals surface area contributed by atoms with E-state index in [4.69, 9.17) is 4.74 Å². The quantitative estimate of drug-likeness (QED) is 0.420. The first-order valence-electron chi connectivity index (χ1n) is 6.71. The third-order valence-corrected chi connectivity index (χ3v) is 4.04. The average Bonchev–Trinajstić information content (AvgIpc) is 2.47. The van der Waals surface area contributed by atoms with E-state index in [-0.39, 0.29) is 24.0 Å². The number of hydrogen-bond acceptors (Lipinski definition) is 3. The third-order valence-electron chi connectivity index (χ3n) is 3.07. The number of rotatable bonds is 6. The fraction of sp³-hybridized carbons (Fsp3) is 0.533. The molecule has 0 bridgehead atoms. The first kappa shape index (κ1) is 20.4. The number of benzene rings is 1. The minimum absolute atomic E-state index is 0. The number of thioether (sulfide) groups is 1. The van der Waals surface area contributed by atoms with Crippen LogP contribution < -0.4 is 15.4 Å². The number of aryl methyl sites for hydroxylation is 1. The molecule has 0 fully saturated rings. The summed E-state index contributed by atoms with van der Waals surface area (Å²) in [4.78, 5) is 4.23. The number of guanidine groups is 1. The Balaban J connectivity index is 0.00000400. The second-order valence-corrected chi connectivity index (χ2v) is 5.94. The highest BCUT2D eigenvalue weighted by Gasteiger charge is 2.05. The van der Waals surface area contributed by atoms with Crippen LogP contribution in [-0.4, -0.2) is 38.2 Å². The maximum atomic E-state index is 5.40. The lowest BCUT2D eigenvalue weighted by Gasteiger charge is -2.16. The summed E-state index contributed by atoms with van der Waals surface area (Å²) < 4.78 is 5.40. The highest BCUT2D eigenvalue weighted by Crippen LogP contribution is 2.19. The molecule has 0 amide bonds. The van der Waals surface area contributed by atoms with Gasteiger partial charge in [0.25, 0.3) is 0 Å². The van der Waals surface area contributed by atoms with Gasteiger partial charge in [-0.05, 0) is 24.8 Å². The molecule has 0 aromatic heterocycles. The van der Waals surface area contributed by atoms with E-state index in [0.29, 0.717) is 11.8 Å². The van der Waals surface area contributed by atoms with Crippen molar-refractivity contribution in [3.8, 4) is 5.75 Å². The van der Waals surface area contributed by atoms with Gasteiger partial charge in [0, 0.05) is 31.0 Å². The minimum Gasteiger partial charge on any atom is -0.496 e. The van der Waals surface area contributed by atoms with Gasteiger partial charge >= 0.3 is 0 Å². The SMILES string of the molecule is CN=C(NCc1ccc(C)cc1OC)NCC(C)SC.I. The lowest BCUT2D eigenvalue weighted by molar-refractivity contribution is 0.408. The molecule has 0 saturated carbocycles. The van der Waals surface area contributed by atoms with Crippen molar-refractivity contribution in [2.45, 2.75) is 25.6 Å². The molecule has 1 aromatic carbocycles. The summed E-state index contributed by atoms with van der Waals surface area (Å²) in [5.74, 6) is 1.72. The molecule has 0 heterocycles. The highest BCUT2D eigenvalue weighted by atomic mass is 127. The van der Waals surface area contributed by atoms with Gasteiger partial charge in [0.15, 0.2) is 5.96 Å². The molecule has 120 valence electrons. The summed E-state index contributed by atoms with van der Waals surface area (Å²) in [5.41, 5.74) is 2.32. The molecule has 1 aromatic rings. The lowest BCUT2D eigenvalue weighted by Crippen LogP contribution is -2.39. The topological polar surface area (TPSA) is 45.7 Å². The van der Waals surface area contributed by atoms with Crippen molar-refractivity contribution in [1.29, 1.82) is 0 Å². The van der Waals surface area contributed by atoms with Gasteiger partial charge in [0.2, 0.25) is 0 Å². The zero-order valence-corrected chi connectivity index (χ0v) is 16.5. The standard InChI is InChI=1S/C15H25N3OS.HI/c1-11-6-7-13(14(8-11)19-4)10-18-15(16-3)17-9-12(2)20-5;/h6-8,12H,9-10H2,1-5H3,(H2,16,17,18);1H. The molecule has 0 aliphatic rings. The molecule has 0 saturated heterocycles.